The maximum atomic E-state index is 13.9. The third-order valence-corrected chi connectivity index (χ3v) is 12.3. The van der Waals surface area contributed by atoms with Crippen LogP contribution in [0, 0.1) is 5.92 Å². The van der Waals surface area contributed by atoms with Gasteiger partial charge in [0.15, 0.2) is 6.29 Å². The fraction of sp³-hybridized carbons (Fsp3) is 0.460. The number of para-hydroxylation sites is 2. The summed E-state index contributed by atoms with van der Waals surface area (Å²) < 4.78 is 13.6. The third kappa shape index (κ3) is 11.9. The van der Waals surface area contributed by atoms with Gasteiger partial charge in [-0.2, -0.15) is 0 Å². The maximum absolute atomic E-state index is 13.9. The van der Waals surface area contributed by atoms with Gasteiger partial charge < -0.3 is 36.3 Å². The van der Waals surface area contributed by atoms with Crippen molar-refractivity contribution in [2.75, 3.05) is 17.6 Å². The summed E-state index contributed by atoms with van der Waals surface area (Å²) >= 11 is 0. The highest BCUT2D eigenvalue weighted by molar-refractivity contribution is 5.94. The first kappa shape index (κ1) is 44.0. The highest BCUT2D eigenvalue weighted by Crippen LogP contribution is 2.42. The molecule has 324 valence electrons. The van der Waals surface area contributed by atoms with Gasteiger partial charge in [-0.05, 0) is 105 Å². The number of aliphatic hydroxyl groups excluding tert-OH is 1. The molecule has 3 aliphatic rings. The Kier molecular flexibility index (Phi) is 14.6. The van der Waals surface area contributed by atoms with Crippen molar-refractivity contribution >= 4 is 29.1 Å². The Morgan fingerprint density at radius 3 is 2.28 bits per heavy atom. The zero-order valence-electron chi connectivity index (χ0n) is 35.9. The standard InChI is InChI=1S/C50H63N5O6/c1-50(2,3)54-48(59)44-27-26-36-11-4-7-15-43(36)55(44)31-40-29-45(37-20-18-33(32-56)19-21-37)61-49(60-40)38-24-22-35(23-25-38)39-12-8-10-34(28-39)30-52-46(57)16-9-17-47(58)53-42-14-6-5-13-41(42)51/h5-6,8,10,12-14,18-25,28,36,40,43-45,49,56H,4,7,9,11,15-17,26-27,29-32,51H2,1-3H3,(H,52,57)(H,53,58)(H,54,59). The van der Waals surface area contributed by atoms with E-state index in [1.165, 1.54) is 19.3 Å². The minimum Gasteiger partial charge on any atom is -0.397 e. The van der Waals surface area contributed by atoms with Crippen molar-refractivity contribution in [3.63, 3.8) is 0 Å². The molecule has 6 N–H and O–H groups in total. The quantitative estimate of drug-likeness (QED) is 0.0795. The van der Waals surface area contributed by atoms with Crippen LogP contribution in [0.1, 0.15) is 120 Å². The van der Waals surface area contributed by atoms with Gasteiger partial charge in [0, 0.05) is 49.5 Å². The average molecular weight is 830 g/mol. The minimum absolute atomic E-state index is 0.0203. The van der Waals surface area contributed by atoms with Crippen LogP contribution in [0.5, 0.6) is 0 Å². The number of likely N-dealkylation sites (tertiary alicyclic amines) is 1. The van der Waals surface area contributed by atoms with Crippen LogP contribution in [-0.4, -0.2) is 58.0 Å². The number of nitrogens with two attached hydrogens (primary N) is 1. The molecule has 1 saturated carbocycles. The Balaban J connectivity index is 1.01. The molecule has 6 unspecified atom stereocenters. The van der Waals surface area contributed by atoms with Gasteiger partial charge >= 0.3 is 0 Å². The van der Waals surface area contributed by atoms with Gasteiger partial charge in [0.2, 0.25) is 17.7 Å². The number of amides is 3. The predicted molar refractivity (Wildman–Crippen MR) is 239 cm³/mol. The van der Waals surface area contributed by atoms with E-state index in [-0.39, 0.29) is 61.0 Å². The van der Waals surface area contributed by atoms with Crippen LogP contribution in [0.2, 0.25) is 0 Å². The zero-order chi connectivity index (χ0) is 42.9. The van der Waals surface area contributed by atoms with Crippen molar-refractivity contribution in [3.05, 3.63) is 119 Å². The smallest absolute Gasteiger partial charge is 0.237 e. The van der Waals surface area contributed by atoms with E-state index in [0.717, 1.165) is 52.6 Å². The van der Waals surface area contributed by atoms with Gasteiger partial charge in [0.25, 0.3) is 0 Å². The van der Waals surface area contributed by atoms with E-state index in [4.69, 9.17) is 15.2 Å². The second-order valence-electron chi connectivity index (χ2n) is 18.1. The van der Waals surface area contributed by atoms with Gasteiger partial charge in [-0.15, -0.1) is 0 Å². The van der Waals surface area contributed by atoms with Crippen LogP contribution in [0.3, 0.4) is 0 Å². The summed E-state index contributed by atoms with van der Waals surface area (Å²) in [5.41, 5.74) is 12.5. The van der Waals surface area contributed by atoms with Crippen LogP contribution in [0.4, 0.5) is 11.4 Å². The average Bonchev–Trinajstić information content (AvgIpc) is 3.26. The van der Waals surface area contributed by atoms with E-state index < -0.39 is 6.29 Å². The number of rotatable bonds is 14. The largest absolute Gasteiger partial charge is 0.397 e. The first-order valence-electron chi connectivity index (χ1n) is 22.1. The molecular weight excluding hydrogens is 767 g/mol. The lowest BCUT2D eigenvalue weighted by atomic mass is 9.75. The maximum Gasteiger partial charge on any atom is 0.237 e. The third-order valence-electron chi connectivity index (χ3n) is 12.3. The zero-order valence-corrected chi connectivity index (χ0v) is 35.9. The van der Waals surface area contributed by atoms with Crippen LogP contribution in [-0.2, 0) is 37.0 Å². The number of carbonyl (C=O) groups is 3. The molecule has 3 fully saturated rings. The monoisotopic (exact) mass is 829 g/mol. The Morgan fingerprint density at radius 1 is 0.787 bits per heavy atom. The number of fused-ring (bicyclic) bond motifs is 1. The fourth-order valence-corrected chi connectivity index (χ4v) is 9.21. The first-order chi connectivity index (χ1) is 29.4. The highest BCUT2D eigenvalue weighted by atomic mass is 16.7. The van der Waals surface area contributed by atoms with E-state index in [1.54, 1.807) is 12.1 Å². The molecule has 2 aliphatic heterocycles. The number of benzene rings is 4. The van der Waals surface area contributed by atoms with Crippen LogP contribution < -0.4 is 21.7 Å². The Hall–Kier alpha value is -5.07. The summed E-state index contributed by atoms with van der Waals surface area (Å²) in [5, 5.41) is 18.8. The summed E-state index contributed by atoms with van der Waals surface area (Å²) in [6.45, 7) is 7.13. The lowest BCUT2D eigenvalue weighted by Gasteiger charge is -2.50. The fourth-order valence-electron chi connectivity index (χ4n) is 9.21. The van der Waals surface area contributed by atoms with Crippen molar-refractivity contribution in [3.8, 4) is 11.1 Å². The van der Waals surface area contributed by atoms with Crippen LogP contribution in [0.15, 0.2) is 97.1 Å². The number of nitrogen functional groups attached to an aromatic ring is 1. The molecule has 7 rings (SSSR count). The van der Waals surface area contributed by atoms with Gasteiger partial charge in [0.1, 0.15) is 0 Å². The van der Waals surface area contributed by atoms with E-state index >= 15 is 0 Å². The van der Waals surface area contributed by atoms with Gasteiger partial charge in [-0.1, -0.05) is 91.7 Å². The number of hydrogen-bond donors (Lipinski definition) is 5. The molecule has 0 bridgehead atoms. The summed E-state index contributed by atoms with van der Waals surface area (Å²) in [6, 6.07) is 31.6. The molecule has 2 heterocycles. The normalized spacial score (nSPS) is 23.1. The molecule has 2 saturated heterocycles. The SMILES string of the molecule is CC(C)(C)NC(=O)C1CCC2CCCCC2N1CC1CC(c2ccc(CO)cc2)OC(c2ccc(-c3cccc(CNC(=O)CCCC(=O)Nc4ccccc4N)c3)cc2)O1. The second kappa shape index (κ2) is 20.2. The molecule has 61 heavy (non-hydrogen) atoms. The number of nitrogens with zero attached hydrogens (tertiary/aromatic N) is 1. The van der Waals surface area contributed by atoms with Crippen molar-refractivity contribution in [1.29, 1.82) is 0 Å². The summed E-state index contributed by atoms with van der Waals surface area (Å²) in [6.07, 6.45) is 7.19. The molecule has 4 aromatic rings. The second-order valence-corrected chi connectivity index (χ2v) is 18.1. The first-order valence-corrected chi connectivity index (χ1v) is 22.1. The van der Waals surface area contributed by atoms with Crippen molar-refractivity contribution < 1.29 is 29.0 Å². The highest BCUT2D eigenvalue weighted by Gasteiger charge is 2.44. The molecule has 11 heteroatoms. The number of piperidine rings is 1. The Labute approximate surface area is 360 Å². The van der Waals surface area contributed by atoms with Crippen LogP contribution in [0.25, 0.3) is 11.1 Å². The molecule has 4 aromatic carbocycles. The number of nitrogens with one attached hydrogen (secondary N) is 3. The van der Waals surface area contributed by atoms with Crippen molar-refractivity contribution in [2.24, 2.45) is 5.92 Å². The molecule has 6 atom stereocenters. The molecule has 0 aromatic heterocycles. The molecule has 3 amide bonds. The number of anilines is 2. The number of aliphatic hydroxyl groups is 1. The lowest BCUT2D eigenvalue weighted by molar-refractivity contribution is -0.255. The molecular formula is C50H63N5O6. The number of ether oxygens (including phenoxy) is 2. The molecule has 11 nitrogen and oxygen atoms in total. The predicted octanol–water partition coefficient (Wildman–Crippen LogP) is 8.34. The Morgan fingerprint density at radius 2 is 1.52 bits per heavy atom. The van der Waals surface area contributed by atoms with E-state index in [0.29, 0.717) is 49.3 Å². The molecule has 1 aliphatic carbocycles. The molecule has 0 radical (unpaired) electrons. The summed E-state index contributed by atoms with van der Waals surface area (Å²) in [5.74, 6) is 0.409. The van der Waals surface area contributed by atoms with Crippen LogP contribution >= 0.6 is 0 Å². The van der Waals surface area contributed by atoms with Crippen molar-refractivity contribution in [2.45, 2.75) is 134 Å². The number of hydrogen-bond acceptors (Lipinski definition) is 8. The van der Waals surface area contributed by atoms with Gasteiger partial charge in [0.05, 0.1) is 36.2 Å². The summed E-state index contributed by atoms with van der Waals surface area (Å²) in [7, 11) is 0. The topological polar surface area (TPSA) is 155 Å². The van der Waals surface area contributed by atoms with Gasteiger partial charge in [-0.3, -0.25) is 19.3 Å². The summed E-state index contributed by atoms with van der Waals surface area (Å²) in [4.78, 5) is 41.4. The minimum atomic E-state index is -0.617. The molecule has 0 spiro atoms. The van der Waals surface area contributed by atoms with E-state index in [2.05, 4.69) is 57.2 Å². The van der Waals surface area contributed by atoms with E-state index in [1.807, 2.05) is 69.3 Å². The van der Waals surface area contributed by atoms with Crippen molar-refractivity contribution in [1.82, 2.24) is 15.5 Å². The Bertz CT molecular complexity index is 2100. The van der Waals surface area contributed by atoms with Gasteiger partial charge in [-0.25, -0.2) is 0 Å². The lowest BCUT2D eigenvalue weighted by Crippen LogP contribution is -2.61. The van der Waals surface area contributed by atoms with E-state index in [9.17, 15) is 19.5 Å². The number of carbonyl (C=O) groups excluding carboxylic acids is 3.